The van der Waals surface area contributed by atoms with Crippen molar-refractivity contribution < 1.29 is 27.5 Å². The SMILES string of the molecule is CC(C(=O)O)C1(F)CC=CC=C1c1ccc(C(F)(F)F)cc1. The van der Waals surface area contributed by atoms with E-state index in [1.165, 1.54) is 19.1 Å². The molecule has 0 amide bonds. The van der Waals surface area contributed by atoms with E-state index in [0.717, 1.165) is 24.3 Å². The third-order valence-electron chi connectivity index (χ3n) is 3.84. The van der Waals surface area contributed by atoms with Gasteiger partial charge in [0.2, 0.25) is 0 Å². The smallest absolute Gasteiger partial charge is 0.416 e. The lowest BCUT2D eigenvalue weighted by molar-refractivity contribution is -0.144. The standard InChI is InChI=1S/C16H14F4O2/c1-10(14(21)22)15(17)9-3-2-4-13(15)11-5-7-12(8-6-11)16(18,19)20/h2-8,10H,9H2,1H3,(H,21,22). The van der Waals surface area contributed by atoms with Crippen LogP contribution < -0.4 is 0 Å². The Balaban J connectivity index is 2.42. The lowest BCUT2D eigenvalue weighted by Gasteiger charge is -2.33. The Morgan fingerprint density at radius 3 is 2.36 bits per heavy atom. The van der Waals surface area contributed by atoms with Crippen LogP contribution in [0.25, 0.3) is 5.57 Å². The molecule has 0 saturated heterocycles. The van der Waals surface area contributed by atoms with E-state index in [0.29, 0.717) is 0 Å². The Hall–Kier alpha value is -2.11. The van der Waals surface area contributed by atoms with Gasteiger partial charge in [0.15, 0.2) is 5.67 Å². The molecule has 0 saturated carbocycles. The van der Waals surface area contributed by atoms with Crippen LogP contribution in [0.5, 0.6) is 0 Å². The van der Waals surface area contributed by atoms with Gasteiger partial charge in [-0.25, -0.2) is 4.39 Å². The first-order valence-corrected chi connectivity index (χ1v) is 6.63. The van der Waals surface area contributed by atoms with E-state index in [1.54, 1.807) is 6.08 Å². The van der Waals surface area contributed by atoms with Gasteiger partial charge in [0.05, 0.1) is 11.5 Å². The van der Waals surface area contributed by atoms with Crippen LogP contribution in [0.1, 0.15) is 24.5 Å². The highest BCUT2D eigenvalue weighted by molar-refractivity contribution is 5.82. The first-order chi connectivity index (χ1) is 10.2. The minimum atomic E-state index is -4.47. The summed E-state index contributed by atoms with van der Waals surface area (Å²) in [6.45, 7) is 1.25. The second kappa shape index (κ2) is 5.59. The molecule has 22 heavy (non-hydrogen) atoms. The number of aliphatic carboxylic acids is 1. The summed E-state index contributed by atoms with van der Waals surface area (Å²) in [5.41, 5.74) is -2.66. The van der Waals surface area contributed by atoms with Gasteiger partial charge < -0.3 is 5.11 Å². The number of carboxylic acids is 1. The number of benzene rings is 1. The number of halogens is 4. The molecule has 0 fully saturated rings. The van der Waals surface area contributed by atoms with Gasteiger partial charge in [-0.3, -0.25) is 4.79 Å². The third-order valence-corrected chi connectivity index (χ3v) is 3.84. The lowest BCUT2D eigenvalue weighted by atomic mass is 9.76. The van der Waals surface area contributed by atoms with E-state index in [4.69, 9.17) is 5.11 Å². The quantitative estimate of drug-likeness (QED) is 0.835. The predicted octanol–water partition coefficient (Wildman–Crippen LogP) is 4.48. The van der Waals surface area contributed by atoms with Crippen molar-refractivity contribution in [1.82, 2.24) is 0 Å². The van der Waals surface area contributed by atoms with Crippen LogP contribution in [0, 0.1) is 5.92 Å². The normalized spacial score (nSPS) is 23.0. The van der Waals surface area contributed by atoms with E-state index in [-0.39, 0.29) is 17.6 Å². The van der Waals surface area contributed by atoms with Gasteiger partial charge in [-0.1, -0.05) is 30.4 Å². The van der Waals surface area contributed by atoms with Crippen molar-refractivity contribution in [2.45, 2.75) is 25.2 Å². The maximum absolute atomic E-state index is 15.2. The molecule has 0 bridgehead atoms. The molecule has 2 rings (SSSR count). The van der Waals surface area contributed by atoms with Gasteiger partial charge in [0, 0.05) is 6.42 Å². The molecule has 2 atom stereocenters. The average Bonchev–Trinajstić information content (AvgIpc) is 2.46. The number of rotatable bonds is 3. The summed E-state index contributed by atoms with van der Waals surface area (Å²) in [6, 6.07) is 4.05. The molecule has 1 N–H and O–H groups in total. The first-order valence-electron chi connectivity index (χ1n) is 6.63. The summed E-state index contributed by atoms with van der Waals surface area (Å²) < 4.78 is 52.9. The second-order valence-electron chi connectivity index (χ2n) is 5.21. The fourth-order valence-electron chi connectivity index (χ4n) is 2.43. The van der Waals surface area contributed by atoms with Crippen molar-refractivity contribution in [3.8, 4) is 0 Å². The molecule has 0 aliphatic heterocycles. The molecule has 6 heteroatoms. The Labute approximate surface area is 124 Å². The minimum absolute atomic E-state index is 0.0821. The zero-order valence-corrected chi connectivity index (χ0v) is 11.7. The number of allylic oxidation sites excluding steroid dienone is 4. The van der Waals surface area contributed by atoms with Crippen molar-refractivity contribution in [2.24, 2.45) is 5.92 Å². The second-order valence-corrected chi connectivity index (χ2v) is 5.21. The summed E-state index contributed by atoms with van der Waals surface area (Å²) in [5.74, 6) is -2.61. The highest BCUT2D eigenvalue weighted by atomic mass is 19.4. The van der Waals surface area contributed by atoms with Crippen molar-refractivity contribution in [1.29, 1.82) is 0 Å². The molecule has 0 heterocycles. The molecule has 1 aromatic rings. The van der Waals surface area contributed by atoms with Crippen LogP contribution in [-0.4, -0.2) is 16.7 Å². The topological polar surface area (TPSA) is 37.3 Å². The van der Waals surface area contributed by atoms with Gasteiger partial charge in [0.1, 0.15) is 0 Å². The summed E-state index contributed by atoms with van der Waals surface area (Å²) in [4.78, 5) is 11.1. The van der Waals surface area contributed by atoms with Gasteiger partial charge in [0.25, 0.3) is 0 Å². The summed E-state index contributed by atoms with van der Waals surface area (Å²) in [6.07, 6.45) is -0.119. The van der Waals surface area contributed by atoms with E-state index in [9.17, 15) is 18.0 Å². The maximum atomic E-state index is 15.2. The molecule has 0 spiro atoms. The maximum Gasteiger partial charge on any atom is 0.416 e. The Morgan fingerprint density at radius 2 is 1.86 bits per heavy atom. The highest BCUT2D eigenvalue weighted by Crippen LogP contribution is 2.43. The van der Waals surface area contributed by atoms with Crippen LogP contribution in [0.15, 0.2) is 42.5 Å². The molecule has 1 aliphatic carbocycles. The van der Waals surface area contributed by atoms with E-state index in [1.807, 2.05) is 0 Å². The molecule has 1 aromatic carbocycles. The Morgan fingerprint density at radius 1 is 1.27 bits per heavy atom. The van der Waals surface area contributed by atoms with Crippen LogP contribution in [0.2, 0.25) is 0 Å². The Kier molecular flexibility index (Phi) is 4.13. The van der Waals surface area contributed by atoms with Crippen LogP contribution in [0.4, 0.5) is 17.6 Å². The average molecular weight is 314 g/mol. The van der Waals surface area contributed by atoms with Crippen LogP contribution >= 0.6 is 0 Å². The van der Waals surface area contributed by atoms with E-state index in [2.05, 4.69) is 0 Å². The highest BCUT2D eigenvalue weighted by Gasteiger charge is 2.44. The monoisotopic (exact) mass is 314 g/mol. The first kappa shape index (κ1) is 16.3. The number of carbonyl (C=O) groups is 1. The van der Waals surface area contributed by atoms with E-state index < -0.39 is 29.3 Å². The molecule has 2 nitrogen and oxygen atoms in total. The Bertz CT molecular complexity index is 629. The third kappa shape index (κ3) is 2.91. The summed E-state index contributed by atoms with van der Waals surface area (Å²) in [7, 11) is 0. The summed E-state index contributed by atoms with van der Waals surface area (Å²) >= 11 is 0. The number of alkyl halides is 4. The fourth-order valence-corrected chi connectivity index (χ4v) is 2.43. The largest absolute Gasteiger partial charge is 0.481 e. The molecule has 0 radical (unpaired) electrons. The molecular weight excluding hydrogens is 300 g/mol. The molecule has 118 valence electrons. The summed E-state index contributed by atoms with van der Waals surface area (Å²) in [5, 5.41) is 9.07. The molecule has 2 unspecified atom stereocenters. The number of hydrogen-bond donors (Lipinski definition) is 1. The van der Waals surface area contributed by atoms with Crippen LogP contribution in [0.3, 0.4) is 0 Å². The van der Waals surface area contributed by atoms with E-state index >= 15 is 4.39 Å². The van der Waals surface area contributed by atoms with Gasteiger partial charge in [-0.05, 0) is 30.2 Å². The van der Waals surface area contributed by atoms with Crippen molar-refractivity contribution in [3.63, 3.8) is 0 Å². The minimum Gasteiger partial charge on any atom is -0.481 e. The molecular formula is C16H14F4O2. The number of carboxylic acid groups (broad SMARTS) is 1. The van der Waals surface area contributed by atoms with Crippen molar-refractivity contribution in [3.05, 3.63) is 53.6 Å². The predicted molar refractivity (Wildman–Crippen MR) is 73.8 cm³/mol. The molecule has 0 aromatic heterocycles. The van der Waals surface area contributed by atoms with Gasteiger partial charge in [-0.2, -0.15) is 13.2 Å². The zero-order valence-electron chi connectivity index (χ0n) is 11.7. The number of hydrogen-bond acceptors (Lipinski definition) is 1. The fraction of sp³-hybridized carbons (Fsp3) is 0.312. The zero-order chi connectivity index (χ0) is 16.5. The van der Waals surface area contributed by atoms with Crippen LogP contribution in [-0.2, 0) is 11.0 Å². The molecule has 1 aliphatic rings. The van der Waals surface area contributed by atoms with Gasteiger partial charge in [-0.15, -0.1) is 0 Å². The lowest BCUT2D eigenvalue weighted by Crippen LogP contribution is -2.38. The van der Waals surface area contributed by atoms with Crippen molar-refractivity contribution in [2.75, 3.05) is 0 Å². The van der Waals surface area contributed by atoms with Crippen molar-refractivity contribution >= 4 is 11.5 Å². The van der Waals surface area contributed by atoms with Gasteiger partial charge >= 0.3 is 12.1 Å².